The van der Waals surface area contributed by atoms with Gasteiger partial charge in [0.05, 0.1) is 12.0 Å². The van der Waals surface area contributed by atoms with E-state index in [-0.39, 0.29) is 0 Å². The number of allylic oxidation sites excluding steroid dienone is 2. The van der Waals surface area contributed by atoms with Gasteiger partial charge in [-0.15, -0.1) is 0 Å². The molecule has 0 amide bonds. The molecule has 1 aromatic heterocycles. The van der Waals surface area contributed by atoms with E-state index in [4.69, 9.17) is 5.73 Å². The fourth-order valence-corrected chi connectivity index (χ4v) is 2.39. The van der Waals surface area contributed by atoms with E-state index in [9.17, 15) is 0 Å². The minimum atomic E-state index is 0.381. The molecule has 3 rings (SSSR count). The van der Waals surface area contributed by atoms with Crippen molar-refractivity contribution in [3.05, 3.63) is 30.2 Å². The smallest absolute Gasteiger partial charge is 0.199 e. The highest BCUT2D eigenvalue weighted by atomic mass is 15.2. The number of nitrogens with zero attached hydrogens (tertiary/aromatic N) is 3. The summed E-state index contributed by atoms with van der Waals surface area (Å²) in [5.41, 5.74) is 8.65. The van der Waals surface area contributed by atoms with Crippen molar-refractivity contribution in [2.45, 2.75) is 25.8 Å². The molecule has 17 heavy (non-hydrogen) atoms. The van der Waals surface area contributed by atoms with Crippen LogP contribution in [-0.2, 0) is 0 Å². The number of hydrogen-bond donors (Lipinski definition) is 2. The Balaban J connectivity index is 2.02. The fourth-order valence-electron chi connectivity index (χ4n) is 2.39. The quantitative estimate of drug-likeness (QED) is 0.720. The van der Waals surface area contributed by atoms with Gasteiger partial charge in [0.25, 0.3) is 0 Å². The summed E-state index contributed by atoms with van der Waals surface area (Å²) >= 11 is 0. The highest BCUT2D eigenvalue weighted by molar-refractivity contribution is 5.93. The summed E-state index contributed by atoms with van der Waals surface area (Å²) in [7, 11) is 0. The maximum absolute atomic E-state index is 5.72. The Morgan fingerprint density at radius 1 is 1.59 bits per heavy atom. The molecule has 0 radical (unpaired) electrons. The Labute approximate surface area is 99.7 Å². The minimum Gasteiger partial charge on any atom is -0.369 e. The molecule has 1 aliphatic carbocycles. The van der Waals surface area contributed by atoms with Gasteiger partial charge >= 0.3 is 0 Å². The second kappa shape index (κ2) is 3.48. The van der Waals surface area contributed by atoms with Crippen molar-refractivity contribution in [2.75, 3.05) is 0 Å². The Bertz CT molecular complexity index is 549. The zero-order chi connectivity index (χ0) is 12.0. The van der Waals surface area contributed by atoms with Crippen LogP contribution in [0.2, 0.25) is 0 Å². The third-order valence-electron chi connectivity index (χ3n) is 3.25. The van der Waals surface area contributed by atoms with Crippen molar-refractivity contribution in [1.82, 2.24) is 14.9 Å². The van der Waals surface area contributed by atoms with E-state index >= 15 is 0 Å². The van der Waals surface area contributed by atoms with Crippen LogP contribution in [0, 0.1) is 0 Å². The van der Waals surface area contributed by atoms with Crippen LogP contribution in [0.5, 0.6) is 0 Å². The second-order valence-electron chi connectivity index (χ2n) is 4.57. The molecule has 1 aliphatic heterocycles. The minimum absolute atomic E-state index is 0.381. The first kappa shape index (κ1) is 10.1. The van der Waals surface area contributed by atoms with Gasteiger partial charge in [-0.25, -0.2) is 4.98 Å². The van der Waals surface area contributed by atoms with E-state index in [0.717, 1.165) is 24.4 Å². The number of hydrogen-bond acceptors (Lipinski definition) is 4. The number of imidazole rings is 1. The molecular formula is C12H15N5. The topological polar surface area (TPSA) is 68.2 Å². The third-order valence-corrected chi connectivity index (χ3v) is 3.25. The number of fused-ring (bicyclic) bond motifs is 1. The van der Waals surface area contributed by atoms with E-state index in [1.165, 1.54) is 5.57 Å². The number of rotatable bonds is 1. The summed E-state index contributed by atoms with van der Waals surface area (Å²) in [5, 5.41) is 2.89. The lowest BCUT2D eigenvalue weighted by molar-refractivity contribution is 0.532. The molecule has 1 unspecified atom stereocenters. The Morgan fingerprint density at radius 2 is 2.41 bits per heavy atom. The van der Waals surface area contributed by atoms with Gasteiger partial charge in [0.2, 0.25) is 0 Å². The maximum atomic E-state index is 5.72. The van der Waals surface area contributed by atoms with Crippen LogP contribution in [0.3, 0.4) is 0 Å². The van der Waals surface area contributed by atoms with Crippen LogP contribution in [-0.4, -0.2) is 15.5 Å². The predicted octanol–water partition coefficient (Wildman–Crippen LogP) is 1.68. The van der Waals surface area contributed by atoms with Crippen LogP contribution in [0.15, 0.2) is 29.5 Å². The van der Waals surface area contributed by atoms with Crippen LogP contribution >= 0.6 is 0 Å². The van der Waals surface area contributed by atoms with Crippen molar-refractivity contribution in [3.63, 3.8) is 0 Å². The molecule has 3 N–H and O–H groups in total. The van der Waals surface area contributed by atoms with E-state index in [0.29, 0.717) is 17.7 Å². The lowest BCUT2D eigenvalue weighted by Gasteiger charge is -2.18. The van der Waals surface area contributed by atoms with Gasteiger partial charge in [-0.05, 0) is 19.8 Å². The van der Waals surface area contributed by atoms with E-state index in [1.54, 1.807) is 0 Å². The molecule has 1 aromatic rings. The van der Waals surface area contributed by atoms with E-state index in [2.05, 4.69) is 39.4 Å². The van der Waals surface area contributed by atoms with Crippen LogP contribution in [0.1, 0.15) is 31.5 Å². The van der Waals surface area contributed by atoms with E-state index < -0.39 is 0 Å². The monoisotopic (exact) mass is 229 g/mol. The van der Waals surface area contributed by atoms with Crippen LogP contribution in [0.4, 0.5) is 5.82 Å². The highest BCUT2D eigenvalue weighted by Crippen LogP contribution is 2.35. The average Bonchev–Trinajstić information content (AvgIpc) is 2.83. The molecule has 0 aromatic carbocycles. The lowest BCUT2D eigenvalue weighted by atomic mass is 10.2. The molecular weight excluding hydrogens is 214 g/mol. The predicted molar refractivity (Wildman–Crippen MR) is 67.7 cm³/mol. The van der Waals surface area contributed by atoms with Gasteiger partial charge in [-0.1, -0.05) is 18.2 Å². The van der Waals surface area contributed by atoms with E-state index in [1.807, 2.05) is 6.33 Å². The molecule has 88 valence electrons. The first-order valence-corrected chi connectivity index (χ1v) is 5.68. The SMILES string of the molecule is C=C1NC(N)=Nc2c1ncn2C1CC=C(C)C1. The summed E-state index contributed by atoms with van der Waals surface area (Å²) in [5.74, 6) is 1.20. The molecule has 5 heteroatoms. The molecule has 0 bridgehead atoms. The summed E-state index contributed by atoms with van der Waals surface area (Å²) in [6.45, 7) is 6.05. The first-order chi connectivity index (χ1) is 8.15. The van der Waals surface area contributed by atoms with Crippen molar-refractivity contribution in [1.29, 1.82) is 0 Å². The van der Waals surface area contributed by atoms with Crippen molar-refractivity contribution in [3.8, 4) is 0 Å². The van der Waals surface area contributed by atoms with Gasteiger partial charge in [-0.3, -0.25) is 0 Å². The first-order valence-electron chi connectivity index (χ1n) is 5.68. The number of nitrogens with one attached hydrogen (secondary N) is 1. The zero-order valence-electron chi connectivity index (χ0n) is 9.77. The summed E-state index contributed by atoms with van der Waals surface area (Å²) < 4.78 is 2.10. The third kappa shape index (κ3) is 1.54. The van der Waals surface area contributed by atoms with Crippen molar-refractivity contribution < 1.29 is 0 Å². The summed E-state index contributed by atoms with van der Waals surface area (Å²) in [6, 6.07) is 0.411. The molecule has 1 atom stereocenters. The van der Waals surface area contributed by atoms with Gasteiger partial charge in [0.1, 0.15) is 5.69 Å². The molecule has 2 heterocycles. The number of aliphatic imine (C=N–C) groups is 1. The molecule has 0 saturated carbocycles. The Morgan fingerprint density at radius 3 is 3.12 bits per heavy atom. The normalized spacial score (nSPS) is 22.9. The average molecular weight is 229 g/mol. The number of guanidine groups is 1. The Hall–Kier alpha value is -2.04. The number of nitrogens with two attached hydrogens (primary N) is 1. The molecule has 5 nitrogen and oxygen atoms in total. The van der Waals surface area contributed by atoms with Gasteiger partial charge < -0.3 is 15.6 Å². The Kier molecular flexibility index (Phi) is 2.07. The largest absolute Gasteiger partial charge is 0.369 e. The molecule has 0 fully saturated rings. The molecule has 0 spiro atoms. The summed E-state index contributed by atoms with van der Waals surface area (Å²) in [4.78, 5) is 8.68. The van der Waals surface area contributed by atoms with Gasteiger partial charge in [0, 0.05) is 6.04 Å². The zero-order valence-corrected chi connectivity index (χ0v) is 9.77. The molecule has 0 saturated heterocycles. The van der Waals surface area contributed by atoms with Gasteiger partial charge in [0.15, 0.2) is 11.8 Å². The fraction of sp³-hybridized carbons (Fsp3) is 0.333. The summed E-state index contributed by atoms with van der Waals surface area (Å²) in [6.07, 6.45) is 6.18. The van der Waals surface area contributed by atoms with Gasteiger partial charge in [-0.2, -0.15) is 4.99 Å². The second-order valence-corrected chi connectivity index (χ2v) is 4.57. The van der Waals surface area contributed by atoms with Crippen LogP contribution in [0.25, 0.3) is 5.70 Å². The standard InChI is InChI=1S/C12H15N5/c1-7-3-4-9(5-7)17-6-14-10-8(2)15-12(13)16-11(10)17/h3,6,9H,2,4-5H2,1H3,(H3,13,15,16). The van der Waals surface area contributed by atoms with Crippen molar-refractivity contribution in [2.24, 2.45) is 10.7 Å². The van der Waals surface area contributed by atoms with Crippen molar-refractivity contribution >= 4 is 17.5 Å². The maximum Gasteiger partial charge on any atom is 0.199 e. The number of aromatic nitrogens is 2. The van der Waals surface area contributed by atoms with Crippen LogP contribution < -0.4 is 11.1 Å². The lowest BCUT2D eigenvalue weighted by Crippen LogP contribution is -2.32. The molecule has 2 aliphatic rings. The highest BCUT2D eigenvalue weighted by Gasteiger charge is 2.24.